The Morgan fingerprint density at radius 3 is 2.65 bits per heavy atom. The highest BCUT2D eigenvalue weighted by Crippen LogP contribution is 2.22. The largest absolute Gasteiger partial charge is 0.334 e. The van der Waals surface area contributed by atoms with Gasteiger partial charge in [0, 0.05) is 24.2 Å². The lowest BCUT2D eigenvalue weighted by Gasteiger charge is -2.09. The minimum Gasteiger partial charge on any atom is -0.334 e. The predicted molar refractivity (Wildman–Crippen MR) is 102 cm³/mol. The maximum absolute atomic E-state index is 13.1. The number of carbonyl (C=O) groups excluding carboxylic acids is 1. The van der Waals surface area contributed by atoms with Crippen molar-refractivity contribution in [2.45, 2.75) is 17.3 Å². The minimum atomic E-state index is -0.330. The zero-order valence-electron chi connectivity index (χ0n) is 14.0. The lowest BCUT2D eigenvalue weighted by atomic mass is 10.2. The average molecular weight is 367 g/mol. The Bertz CT molecular complexity index is 874. The van der Waals surface area contributed by atoms with Gasteiger partial charge in [0.1, 0.15) is 5.82 Å². The summed E-state index contributed by atoms with van der Waals surface area (Å²) in [6, 6.07) is 19.3. The van der Waals surface area contributed by atoms with E-state index >= 15 is 0 Å². The molecule has 0 radical (unpaired) electrons. The smallest absolute Gasteiger partial charge is 0.319 e. The minimum absolute atomic E-state index is 0.263. The van der Waals surface area contributed by atoms with Crippen molar-refractivity contribution in [1.29, 1.82) is 0 Å². The van der Waals surface area contributed by atoms with E-state index in [4.69, 9.17) is 0 Å². The van der Waals surface area contributed by atoms with Crippen molar-refractivity contribution in [3.05, 3.63) is 89.9 Å². The molecule has 132 valence electrons. The van der Waals surface area contributed by atoms with Crippen LogP contribution in [0, 0.1) is 5.82 Å². The third kappa shape index (κ3) is 5.60. The molecular weight excluding hydrogens is 349 g/mol. The van der Waals surface area contributed by atoms with Crippen molar-refractivity contribution < 1.29 is 9.18 Å². The fourth-order valence-electron chi connectivity index (χ4n) is 2.33. The van der Waals surface area contributed by atoms with Gasteiger partial charge in [0.15, 0.2) is 0 Å². The molecule has 0 spiro atoms. The Labute approximate surface area is 155 Å². The summed E-state index contributed by atoms with van der Waals surface area (Å²) >= 11 is 1.64. The van der Waals surface area contributed by atoms with E-state index in [0.29, 0.717) is 11.3 Å². The third-order valence-corrected chi connectivity index (χ3v) is 4.57. The van der Waals surface area contributed by atoms with E-state index in [9.17, 15) is 9.18 Å². The molecule has 2 amide bonds. The monoisotopic (exact) mass is 367 g/mol. The van der Waals surface area contributed by atoms with Gasteiger partial charge in [-0.05, 0) is 47.5 Å². The Kier molecular flexibility index (Phi) is 6.22. The van der Waals surface area contributed by atoms with Crippen LogP contribution in [0.25, 0.3) is 0 Å². The molecule has 2 aromatic carbocycles. The molecule has 0 fully saturated rings. The summed E-state index contributed by atoms with van der Waals surface area (Å²) in [6.07, 6.45) is 1.77. The average Bonchev–Trinajstić information content (AvgIpc) is 2.66. The van der Waals surface area contributed by atoms with Crippen LogP contribution in [0.5, 0.6) is 0 Å². The van der Waals surface area contributed by atoms with Crippen molar-refractivity contribution in [2.75, 3.05) is 5.32 Å². The van der Waals surface area contributed by atoms with E-state index in [1.165, 1.54) is 12.1 Å². The zero-order valence-corrected chi connectivity index (χ0v) is 14.8. The molecule has 3 aromatic rings. The summed E-state index contributed by atoms with van der Waals surface area (Å²) in [5, 5.41) is 6.47. The predicted octanol–water partition coefficient (Wildman–Crippen LogP) is 4.83. The van der Waals surface area contributed by atoms with Crippen molar-refractivity contribution in [3.8, 4) is 0 Å². The van der Waals surface area contributed by atoms with Crippen LogP contribution < -0.4 is 10.6 Å². The Balaban J connectivity index is 1.52. The summed E-state index contributed by atoms with van der Waals surface area (Å²) in [6.45, 7) is 0.263. The zero-order chi connectivity index (χ0) is 18.2. The number of hydrogen-bond donors (Lipinski definition) is 2. The number of amides is 2. The molecule has 0 unspecified atom stereocenters. The molecule has 0 saturated heterocycles. The summed E-state index contributed by atoms with van der Waals surface area (Å²) < 4.78 is 13.1. The number of hydrogen-bond acceptors (Lipinski definition) is 3. The lowest BCUT2D eigenvalue weighted by molar-refractivity contribution is 0.251. The molecule has 4 nitrogen and oxygen atoms in total. The summed E-state index contributed by atoms with van der Waals surface area (Å²) in [5.41, 5.74) is 2.50. The van der Waals surface area contributed by atoms with Gasteiger partial charge in [-0.15, -0.1) is 11.8 Å². The highest BCUT2D eigenvalue weighted by Gasteiger charge is 2.04. The fraction of sp³-hybridized carbons (Fsp3) is 0.100. The van der Waals surface area contributed by atoms with E-state index < -0.39 is 0 Å². The highest BCUT2D eigenvalue weighted by atomic mass is 32.2. The van der Waals surface area contributed by atoms with Gasteiger partial charge in [0.2, 0.25) is 0 Å². The first-order valence-corrected chi connectivity index (χ1v) is 9.10. The molecule has 0 saturated carbocycles. The van der Waals surface area contributed by atoms with E-state index in [2.05, 4.69) is 15.6 Å². The SMILES string of the molecule is O=C(NCc1cccc(F)c1)Nc1cccc(CSc2ccccn2)c1. The van der Waals surface area contributed by atoms with Crippen LogP contribution in [-0.4, -0.2) is 11.0 Å². The molecule has 6 heteroatoms. The van der Waals surface area contributed by atoms with E-state index in [1.54, 1.807) is 30.1 Å². The Morgan fingerprint density at radius 2 is 1.85 bits per heavy atom. The molecule has 0 aliphatic carbocycles. The number of thioether (sulfide) groups is 1. The van der Waals surface area contributed by atoms with E-state index in [1.807, 2.05) is 42.5 Å². The van der Waals surface area contributed by atoms with Crippen LogP contribution >= 0.6 is 11.8 Å². The molecular formula is C20H18FN3OS. The number of urea groups is 1. The molecule has 1 heterocycles. The van der Waals surface area contributed by atoms with E-state index in [0.717, 1.165) is 16.3 Å². The van der Waals surface area contributed by atoms with Crippen molar-refractivity contribution >= 4 is 23.5 Å². The summed E-state index contributed by atoms with van der Waals surface area (Å²) in [4.78, 5) is 16.3. The topological polar surface area (TPSA) is 54.0 Å². The molecule has 1 aromatic heterocycles. The number of benzene rings is 2. The number of rotatable bonds is 6. The van der Waals surface area contributed by atoms with Gasteiger partial charge in [-0.2, -0.15) is 0 Å². The van der Waals surface area contributed by atoms with Gasteiger partial charge in [0.25, 0.3) is 0 Å². The molecule has 3 rings (SSSR count). The van der Waals surface area contributed by atoms with Crippen molar-refractivity contribution in [1.82, 2.24) is 10.3 Å². The van der Waals surface area contributed by atoms with Crippen molar-refractivity contribution in [2.24, 2.45) is 0 Å². The molecule has 0 aliphatic heterocycles. The maximum Gasteiger partial charge on any atom is 0.319 e. The molecule has 2 N–H and O–H groups in total. The first-order chi connectivity index (χ1) is 12.7. The molecule has 26 heavy (non-hydrogen) atoms. The Hall–Kier alpha value is -2.86. The van der Waals surface area contributed by atoms with Gasteiger partial charge in [-0.25, -0.2) is 14.2 Å². The number of nitrogens with zero attached hydrogens (tertiary/aromatic N) is 1. The van der Waals surface area contributed by atoms with Crippen LogP contribution in [0.2, 0.25) is 0 Å². The normalized spacial score (nSPS) is 10.3. The number of halogens is 1. The first-order valence-electron chi connectivity index (χ1n) is 8.11. The first kappa shape index (κ1) is 17.9. The standard InChI is InChI=1S/C20H18FN3OS/c21-17-7-3-5-15(11-17)13-23-20(25)24-18-8-4-6-16(12-18)14-26-19-9-1-2-10-22-19/h1-12H,13-14H2,(H2,23,24,25). The second kappa shape index (κ2) is 9.01. The quantitative estimate of drug-likeness (QED) is 0.613. The number of carbonyl (C=O) groups is 1. The van der Waals surface area contributed by atoms with Crippen LogP contribution in [0.1, 0.15) is 11.1 Å². The van der Waals surface area contributed by atoms with Gasteiger partial charge in [-0.3, -0.25) is 0 Å². The van der Waals surface area contributed by atoms with Crippen LogP contribution in [-0.2, 0) is 12.3 Å². The molecule has 0 bridgehead atoms. The van der Waals surface area contributed by atoms with Gasteiger partial charge in [-0.1, -0.05) is 30.3 Å². The Morgan fingerprint density at radius 1 is 1.00 bits per heavy atom. The third-order valence-electron chi connectivity index (χ3n) is 3.55. The number of anilines is 1. The number of nitrogens with one attached hydrogen (secondary N) is 2. The highest BCUT2D eigenvalue weighted by molar-refractivity contribution is 7.98. The van der Waals surface area contributed by atoms with Gasteiger partial charge >= 0.3 is 6.03 Å². The van der Waals surface area contributed by atoms with Crippen LogP contribution in [0.15, 0.2) is 78.0 Å². The van der Waals surface area contributed by atoms with Crippen LogP contribution in [0.4, 0.5) is 14.9 Å². The second-order valence-electron chi connectivity index (χ2n) is 5.59. The summed E-state index contributed by atoms with van der Waals surface area (Å²) in [5.74, 6) is 0.445. The maximum atomic E-state index is 13.1. The molecule has 0 atom stereocenters. The second-order valence-corrected chi connectivity index (χ2v) is 6.59. The molecule has 0 aliphatic rings. The van der Waals surface area contributed by atoms with Gasteiger partial charge < -0.3 is 10.6 Å². The number of pyridine rings is 1. The lowest BCUT2D eigenvalue weighted by Crippen LogP contribution is -2.28. The summed E-state index contributed by atoms with van der Waals surface area (Å²) in [7, 11) is 0. The van der Waals surface area contributed by atoms with Gasteiger partial charge in [0.05, 0.1) is 5.03 Å². The van der Waals surface area contributed by atoms with Crippen molar-refractivity contribution in [3.63, 3.8) is 0 Å². The number of aromatic nitrogens is 1. The fourth-order valence-corrected chi connectivity index (χ4v) is 3.14. The van der Waals surface area contributed by atoms with E-state index in [-0.39, 0.29) is 18.4 Å². The van der Waals surface area contributed by atoms with Crippen LogP contribution in [0.3, 0.4) is 0 Å².